The van der Waals surface area contributed by atoms with Crippen LogP contribution in [0.1, 0.15) is 25.7 Å². The molecule has 0 bridgehead atoms. The van der Waals surface area contributed by atoms with Crippen LogP contribution in [0, 0.1) is 5.92 Å². The van der Waals surface area contributed by atoms with E-state index in [2.05, 4.69) is 37.1 Å². The first kappa shape index (κ1) is 17.7. The second-order valence-electron chi connectivity index (χ2n) is 7.92. The molecule has 4 rings (SSSR count). The van der Waals surface area contributed by atoms with Gasteiger partial charge in [0.05, 0.1) is 6.04 Å². The maximum atomic E-state index is 12.7. The molecule has 6 heteroatoms. The van der Waals surface area contributed by atoms with Gasteiger partial charge >= 0.3 is 0 Å². The molecule has 2 unspecified atom stereocenters. The van der Waals surface area contributed by atoms with Crippen LogP contribution in [0.25, 0.3) is 0 Å². The summed E-state index contributed by atoms with van der Waals surface area (Å²) in [7, 11) is 0. The Hall–Kier alpha value is -1.66. The number of carbonyl (C=O) groups is 1. The fraction of sp³-hybridized carbons (Fsp3) is 0.700. The summed E-state index contributed by atoms with van der Waals surface area (Å²) >= 11 is 0. The van der Waals surface area contributed by atoms with Crippen LogP contribution in [-0.4, -0.2) is 79.1 Å². The van der Waals surface area contributed by atoms with Crippen LogP contribution in [0.2, 0.25) is 0 Å². The van der Waals surface area contributed by atoms with Crippen molar-refractivity contribution < 1.29 is 4.79 Å². The van der Waals surface area contributed by atoms with E-state index >= 15 is 0 Å². The topological polar surface area (TPSA) is 51.7 Å². The van der Waals surface area contributed by atoms with E-state index in [1.165, 1.54) is 6.42 Å². The van der Waals surface area contributed by atoms with E-state index < -0.39 is 0 Å². The normalized spacial score (nSPS) is 27.7. The van der Waals surface area contributed by atoms with Gasteiger partial charge in [0.2, 0.25) is 5.91 Å². The van der Waals surface area contributed by atoms with E-state index in [0.717, 1.165) is 77.4 Å². The number of anilines is 1. The number of piperazine rings is 1. The molecular formula is C20H31N5O. The number of hydrogen-bond acceptors (Lipinski definition) is 5. The third kappa shape index (κ3) is 4.18. The van der Waals surface area contributed by atoms with E-state index in [1.54, 1.807) is 0 Å². The molecule has 3 aliphatic heterocycles. The Morgan fingerprint density at radius 3 is 2.73 bits per heavy atom. The molecule has 1 N–H and O–H groups in total. The number of piperidine rings is 1. The van der Waals surface area contributed by atoms with Crippen molar-refractivity contribution in [1.29, 1.82) is 0 Å². The van der Waals surface area contributed by atoms with Crippen molar-refractivity contribution in [3.63, 3.8) is 0 Å². The molecule has 2 atom stereocenters. The highest BCUT2D eigenvalue weighted by molar-refractivity contribution is 5.82. The summed E-state index contributed by atoms with van der Waals surface area (Å²) in [5.41, 5.74) is 0. The minimum Gasteiger partial charge on any atom is -0.354 e. The molecule has 0 radical (unpaired) electrons. The Morgan fingerprint density at radius 1 is 1.12 bits per heavy atom. The Balaban J connectivity index is 1.25. The number of pyridine rings is 1. The van der Waals surface area contributed by atoms with Gasteiger partial charge in [-0.1, -0.05) is 6.07 Å². The largest absolute Gasteiger partial charge is 0.354 e. The number of nitrogens with one attached hydrogen (secondary N) is 1. The lowest BCUT2D eigenvalue weighted by molar-refractivity contribution is -0.135. The Kier molecular flexibility index (Phi) is 5.70. The molecule has 3 fully saturated rings. The summed E-state index contributed by atoms with van der Waals surface area (Å²) in [5, 5.41) is 3.36. The summed E-state index contributed by atoms with van der Waals surface area (Å²) in [5.74, 6) is 2.05. The van der Waals surface area contributed by atoms with E-state index in [0.29, 0.717) is 11.8 Å². The molecule has 0 aromatic carbocycles. The molecular weight excluding hydrogens is 326 g/mol. The standard InChI is InChI=1S/C20H31N5O/c26-20(18-6-3-9-21-18)25-10-4-5-17(16-25)15-23-11-13-24(14-12-23)19-7-1-2-8-22-19/h1-2,7-8,17-18,21H,3-6,9-16H2. The molecule has 1 amide bonds. The van der Waals surface area contributed by atoms with E-state index in [4.69, 9.17) is 0 Å². The minimum absolute atomic E-state index is 0.0793. The molecule has 0 spiro atoms. The number of nitrogens with zero attached hydrogens (tertiary/aromatic N) is 4. The van der Waals surface area contributed by atoms with Crippen molar-refractivity contribution in [3.8, 4) is 0 Å². The van der Waals surface area contributed by atoms with Gasteiger partial charge in [-0.15, -0.1) is 0 Å². The third-order valence-corrected chi connectivity index (χ3v) is 6.05. The zero-order valence-electron chi connectivity index (χ0n) is 15.6. The molecule has 0 saturated carbocycles. The minimum atomic E-state index is 0.0793. The summed E-state index contributed by atoms with van der Waals surface area (Å²) in [6, 6.07) is 6.20. The summed E-state index contributed by atoms with van der Waals surface area (Å²) in [6.45, 7) is 8.26. The van der Waals surface area contributed by atoms with Gasteiger partial charge in [0.25, 0.3) is 0 Å². The summed E-state index contributed by atoms with van der Waals surface area (Å²) in [4.78, 5) is 24.2. The maximum absolute atomic E-state index is 12.7. The van der Waals surface area contributed by atoms with E-state index in [1.807, 2.05) is 12.3 Å². The maximum Gasteiger partial charge on any atom is 0.239 e. The van der Waals surface area contributed by atoms with Crippen molar-refractivity contribution in [1.82, 2.24) is 20.1 Å². The summed E-state index contributed by atoms with van der Waals surface area (Å²) in [6.07, 6.45) is 6.41. The fourth-order valence-corrected chi connectivity index (χ4v) is 4.60. The zero-order chi connectivity index (χ0) is 17.8. The van der Waals surface area contributed by atoms with E-state index in [9.17, 15) is 4.79 Å². The molecule has 6 nitrogen and oxygen atoms in total. The van der Waals surface area contributed by atoms with Crippen LogP contribution < -0.4 is 10.2 Å². The monoisotopic (exact) mass is 357 g/mol. The van der Waals surface area contributed by atoms with Crippen LogP contribution in [0.15, 0.2) is 24.4 Å². The van der Waals surface area contributed by atoms with E-state index in [-0.39, 0.29) is 6.04 Å². The number of carbonyl (C=O) groups excluding carboxylic acids is 1. The van der Waals surface area contributed by atoms with Gasteiger partial charge in [-0.05, 0) is 50.3 Å². The number of rotatable bonds is 4. The second kappa shape index (κ2) is 8.35. The Morgan fingerprint density at radius 2 is 2.00 bits per heavy atom. The molecule has 142 valence electrons. The van der Waals surface area contributed by atoms with Crippen molar-refractivity contribution in [2.45, 2.75) is 31.7 Å². The first-order chi connectivity index (χ1) is 12.8. The summed E-state index contributed by atoms with van der Waals surface area (Å²) < 4.78 is 0. The lowest BCUT2D eigenvalue weighted by Crippen LogP contribution is -2.52. The Labute approximate surface area is 156 Å². The lowest BCUT2D eigenvalue weighted by Gasteiger charge is -2.40. The zero-order valence-corrected chi connectivity index (χ0v) is 15.6. The van der Waals surface area contributed by atoms with Gasteiger partial charge in [0.15, 0.2) is 0 Å². The van der Waals surface area contributed by atoms with Crippen molar-refractivity contribution >= 4 is 11.7 Å². The van der Waals surface area contributed by atoms with Crippen LogP contribution >= 0.6 is 0 Å². The predicted octanol–water partition coefficient (Wildman–Crippen LogP) is 1.19. The highest BCUT2D eigenvalue weighted by Gasteiger charge is 2.31. The molecule has 1 aromatic heterocycles. The molecule has 3 saturated heterocycles. The van der Waals surface area contributed by atoms with Crippen LogP contribution in [0.5, 0.6) is 0 Å². The van der Waals surface area contributed by atoms with Gasteiger partial charge in [0.1, 0.15) is 5.82 Å². The molecule has 1 aromatic rings. The fourth-order valence-electron chi connectivity index (χ4n) is 4.60. The first-order valence-electron chi connectivity index (χ1n) is 10.2. The average molecular weight is 358 g/mol. The van der Waals surface area contributed by atoms with Crippen molar-refractivity contribution in [2.75, 3.05) is 57.3 Å². The predicted molar refractivity (Wildman–Crippen MR) is 103 cm³/mol. The molecule has 3 aliphatic rings. The van der Waals surface area contributed by atoms with Gasteiger partial charge in [-0.25, -0.2) is 4.98 Å². The second-order valence-corrected chi connectivity index (χ2v) is 7.92. The number of likely N-dealkylation sites (tertiary alicyclic amines) is 1. The van der Waals surface area contributed by atoms with Gasteiger partial charge in [-0.2, -0.15) is 0 Å². The quantitative estimate of drug-likeness (QED) is 0.877. The van der Waals surface area contributed by atoms with Crippen LogP contribution in [0.3, 0.4) is 0 Å². The molecule has 26 heavy (non-hydrogen) atoms. The highest BCUT2D eigenvalue weighted by Crippen LogP contribution is 2.21. The van der Waals surface area contributed by atoms with Crippen LogP contribution in [-0.2, 0) is 4.79 Å². The first-order valence-corrected chi connectivity index (χ1v) is 10.2. The number of amides is 1. The smallest absolute Gasteiger partial charge is 0.239 e. The SMILES string of the molecule is O=C(C1CCCN1)N1CCCC(CN2CCN(c3ccccn3)CC2)C1. The molecule has 4 heterocycles. The van der Waals surface area contributed by atoms with Crippen molar-refractivity contribution in [3.05, 3.63) is 24.4 Å². The Bertz CT molecular complexity index is 581. The van der Waals surface area contributed by atoms with Crippen LogP contribution in [0.4, 0.5) is 5.82 Å². The average Bonchev–Trinajstić information content (AvgIpc) is 3.24. The van der Waals surface area contributed by atoms with Gasteiger partial charge in [0, 0.05) is 52.0 Å². The molecule has 0 aliphatic carbocycles. The number of aromatic nitrogens is 1. The van der Waals surface area contributed by atoms with Crippen molar-refractivity contribution in [2.24, 2.45) is 5.92 Å². The third-order valence-electron chi connectivity index (χ3n) is 6.05. The van der Waals surface area contributed by atoms with Gasteiger partial charge < -0.3 is 15.1 Å². The lowest BCUT2D eigenvalue weighted by atomic mass is 9.96. The highest BCUT2D eigenvalue weighted by atomic mass is 16.2. The van der Waals surface area contributed by atoms with Gasteiger partial charge in [-0.3, -0.25) is 9.69 Å². The number of hydrogen-bond donors (Lipinski definition) is 1.